The number of carboxylic acid groups (broad SMARTS) is 2. The molecule has 1 aliphatic rings. The lowest BCUT2D eigenvalue weighted by atomic mass is 10.5. The van der Waals surface area contributed by atoms with E-state index in [1.807, 2.05) is 0 Å². The van der Waals surface area contributed by atoms with Crippen LogP contribution in [0, 0.1) is 0 Å². The lowest BCUT2D eigenvalue weighted by Gasteiger charge is -1.93. The molecule has 16 heavy (non-hydrogen) atoms. The SMILES string of the molecule is C=CC(=O)OC1CC1.O=C(O)/C=C\C(=O)O. The highest BCUT2D eigenvalue weighted by atomic mass is 16.5. The van der Waals surface area contributed by atoms with Crippen LogP contribution in [0.1, 0.15) is 12.8 Å². The predicted octanol–water partition coefficient (Wildman–Crippen LogP) is 0.590. The molecule has 0 aromatic carbocycles. The first-order valence-electron chi connectivity index (χ1n) is 4.42. The number of carbonyl (C=O) groups is 3. The highest BCUT2D eigenvalue weighted by Gasteiger charge is 2.24. The minimum atomic E-state index is -1.26. The molecule has 1 rings (SSSR count). The van der Waals surface area contributed by atoms with Crippen LogP contribution in [-0.4, -0.2) is 34.2 Å². The van der Waals surface area contributed by atoms with Gasteiger partial charge in [0, 0.05) is 18.2 Å². The van der Waals surface area contributed by atoms with Gasteiger partial charge < -0.3 is 14.9 Å². The number of carboxylic acids is 2. The summed E-state index contributed by atoms with van der Waals surface area (Å²) >= 11 is 0. The summed E-state index contributed by atoms with van der Waals surface area (Å²) in [5.41, 5.74) is 0. The number of carbonyl (C=O) groups excluding carboxylic acids is 1. The van der Waals surface area contributed by atoms with E-state index in [2.05, 4.69) is 6.58 Å². The zero-order valence-electron chi connectivity index (χ0n) is 8.46. The molecule has 88 valence electrons. The molecular weight excluding hydrogens is 216 g/mol. The molecule has 0 bridgehead atoms. The fourth-order valence-corrected chi connectivity index (χ4v) is 0.541. The Morgan fingerprint density at radius 3 is 1.81 bits per heavy atom. The Bertz CT molecular complexity index is 297. The van der Waals surface area contributed by atoms with E-state index in [0.29, 0.717) is 12.2 Å². The molecule has 0 spiro atoms. The molecule has 2 N–H and O–H groups in total. The van der Waals surface area contributed by atoms with Crippen molar-refractivity contribution in [2.45, 2.75) is 18.9 Å². The Hall–Kier alpha value is -2.11. The van der Waals surface area contributed by atoms with Crippen molar-refractivity contribution in [1.29, 1.82) is 0 Å². The Morgan fingerprint density at radius 1 is 1.12 bits per heavy atom. The molecular formula is C10H12O6. The fourth-order valence-electron chi connectivity index (χ4n) is 0.541. The van der Waals surface area contributed by atoms with Gasteiger partial charge in [-0.15, -0.1) is 0 Å². The number of rotatable bonds is 4. The van der Waals surface area contributed by atoms with E-state index >= 15 is 0 Å². The van der Waals surface area contributed by atoms with Crippen LogP contribution in [0.4, 0.5) is 0 Å². The second kappa shape index (κ2) is 7.22. The molecule has 0 aromatic heterocycles. The van der Waals surface area contributed by atoms with Crippen LogP contribution in [0.15, 0.2) is 24.8 Å². The van der Waals surface area contributed by atoms with Crippen molar-refractivity contribution < 1.29 is 29.3 Å². The van der Waals surface area contributed by atoms with Crippen molar-refractivity contribution in [2.75, 3.05) is 0 Å². The zero-order chi connectivity index (χ0) is 12.6. The Kier molecular flexibility index (Phi) is 6.27. The molecule has 0 heterocycles. The van der Waals surface area contributed by atoms with E-state index in [1.54, 1.807) is 0 Å². The third-order valence-electron chi connectivity index (χ3n) is 1.34. The van der Waals surface area contributed by atoms with Gasteiger partial charge >= 0.3 is 17.9 Å². The van der Waals surface area contributed by atoms with E-state index in [1.165, 1.54) is 6.08 Å². The van der Waals surface area contributed by atoms with Gasteiger partial charge in [-0.2, -0.15) is 0 Å². The average Bonchev–Trinajstić information content (AvgIpc) is 2.99. The highest BCUT2D eigenvalue weighted by molar-refractivity contribution is 5.89. The van der Waals surface area contributed by atoms with Crippen molar-refractivity contribution >= 4 is 17.9 Å². The van der Waals surface area contributed by atoms with Gasteiger partial charge in [0.05, 0.1) is 0 Å². The van der Waals surface area contributed by atoms with Crippen molar-refractivity contribution in [3.8, 4) is 0 Å². The summed E-state index contributed by atoms with van der Waals surface area (Å²) in [5, 5.41) is 15.6. The minimum Gasteiger partial charge on any atom is -0.478 e. The summed E-state index contributed by atoms with van der Waals surface area (Å²) in [7, 11) is 0. The maximum Gasteiger partial charge on any atom is 0.330 e. The molecule has 0 aliphatic heterocycles. The predicted molar refractivity (Wildman–Crippen MR) is 53.7 cm³/mol. The number of hydrogen-bond acceptors (Lipinski definition) is 4. The maximum absolute atomic E-state index is 10.3. The zero-order valence-corrected chi connectivity index (χ0v) is 8.46. The first-order chi connectivity index (χ1) is 7.45. The van der Waals surface area contributed by atoms with Gasteiger partial charge in [-0.3, -0.25) is 0 Å². The first-order valence-corrected chi connectivity index (χ1v) is 4.42. The van der Waals surface area contributed by atoms with Crippen LogP contribution in [-0.2, 0) is 19.1 Å². The monoisotopic (exact) mass is 228 g/mol. The van der Waals surface area contributed by atoms with Crippen LogP contribution in [0.3, 0.4) is 0 Å². The summed E-state index contributed by atoms with van der Waals surface area (Å²) in [6.45, 7) is 3.27. The molecule has 0 amide bonds. The second-order valence-corrected chi connectivity index (χ2v) is 2.85. The third-order valence-corrected chi connectivity index (χ3v) is 1.34. The van der Waals surface area contributed by atoms with Gasteiger partial charge in [-0.25, -0.2) is 14.4 Å². The van der Waals surface area contributed by atoms with Crippen molar-refractivity contribution in [2.24, 2.45) is 0 Å². The van der Waals surface area contributed by atoms with Crippen LogP contribution in [0.5, 0.6) is 0 Å². The largest absolute Gasteiger partial charge is 0.478 e. The molecule has 6 heteroatoms. The standard InChI is InChI=1S/C6H8O2.C4H4O4/c1-2-6(7)8-5-3-4-5;5-3(6)1-2-4(7)8/h2,5H,1,3-4H2;1-2H,(H,5,6)(H,7,8)/b;2-1-. The van der Waals surface area contributed by atoms with Crippen molar-refractivity contribution in [1.82, 2.24) is 0 Å². The fraction of sp³-hybridized carbons (Fsp3) is 0.300. The molecule has 0 unspecified atom stereocenters. The average molecular weight is 228 g/mol. The van der Waals surface area contributed by atoms with Crippen LogP contribution >= 0.6 is 0 Å². The van der Waals surface area contributed by atoms with Gasteiger partial charge in [0.2, 0.25) is 0 Å². The molecule has 6 nitrogen and oxygen atoms in total. The van der Waals surface area contributed by atoms with Crippen molar-refractivity contribution in [3.05, 3.63) is 24.8 Å². The van der Waals surface area contributed by atoms with E-state index in [9.17, 15) is 14.4 Å². The van der Waals surface area contributed by atoms with Crippen LogP contribution in [0.25, 0.3) is 0 Å². The molecule has 1 fully saturated rings. The summed E-state index contributed by atoms with van der Waals surface area (Å²) in [6.07, 6.45) is 4.57. The minimum absolute atomic E-state index is 0.209. The second-order valence-electron chi connectivity index (χ2n) is 2.85. The summed E-state index contributed by atoms with van der Waals surface area (Å²) < 4.78 is 4.75. The Labute approximate surface area is 91.8 Å². The Balaban J connectivity index is 0.000000281. The van der Waals surface area contributed by atoms with Gasteiger partial charge in [0.25, 0.3) is 0 Å². The summed E-state index contributed by atoms with van der Waals surface area (Å²) in [4.78, 5) is 29.4. The highest BCUT2D eigenvalue weighted by Crippen LogP contribution is 2.23. The van der Waals surface area contributed by atoms with E-state index in [4.69, 9.17) is 14.9 Å². The van der Waals surface area contributed by atoms with Gasteiger partial charge in [0.15, 0.2) is 0 Å². The maximum atomic E-state index is 10.3. The van der Waals surface area contributed by atoms with E-state index < -0.39 is 11.9 Å². The van der Waals surface area contributed by atoms with Crippen LogP contribution in [0.2, 0.25) is 0 Å². The molecule has 1 saturated carbocycles. The summed E-state index contributed by atoms with van der Waals surface area (Å²) in [6, 6.07) is 0. The molecule has 0 atom stereocenters. The number of ether oxygens (including phenoxy) is 1. The lowest BCUT2D eigenvalue weighted by Crippen LogP contribution is -2.00. The topological polar surface area (TPSA) is 101 Å². The van der Waals surface area contributed by atoms with Gasteiger partial charge in [-0.05, 0) is 12.8 Å². The van der Waals surface area contributed by atoms with Gasteiger partial charge in [0.1, 0.15) is 6.10 Å². The molecule has 0 radical (unpaired) electrons. The van der Waals surface area contributed by atoms with Gasteiger partial charge in [-0.1, -0.05) is 6.58 Å². The number of aliphatic carboxylic acids is 2. The van der Waals surface area contributed by atoms with Crippen molar-refractivity contribution in [3.63, 3.8) is 0 Å². The molecule has 0 aromatic rings. The normalized spacial score (nSPS) is 13.5. The molecule has 0 saturated heterocycles. The number of hydrogen-bond donors (Lipinski definition) is 2. The summed E-state index contributed by atoms with van der Waals surface area (Å²) in [5.74, 6) is -2.81. The Morgan fingerprint density at radius 2 is 1.56 bits per heavy atom. The lowest BCUT2D eigenvalue weighted by molar-refractivity contribution is -0.139. The molecule has 1 aliphatic carbocycles. The number of esters is 1. The first kappa shape index (κ1) is 13.9. The van der Waals surface area contributed by atoms with Crippen LogP contribution < -0.4 is 0 Å². The smallest absolute Gasteiger partial charge is 0.330 e. The van der Waals surface area contributed by atoms with E-state index in [-0.39, 0.29) is 12.1 Å². The quantitative estimate of drug-likeness (QED) is 0.539. The third kappa shape index (κ3) is 9.97. The van der Waals surface area contributed by atoms with E-state index in [0.717, 1.165) is 12.8 Å².